The van der Waals surface area contributed by atoms with Gasteiger partial charge in [-0.3, -0.25) is 0 Å². The fourth-order valence-electron chi connectivity index (χ4n) is 1.77. The lowest BCUT2D eigenvalue weighted by atomic mass is 10.0. The molecule has 19 heavy (non-hydrogen) atoms. The second-order valence-corrected chi connectivity index (χ2v) is 3.89. The maximum absolute atomic E-state index is 13.8. The second-order valence-electron chi connectivity index (χ2n) is 3.89. The highest BCUT2D eigenvalue weighted by atomic mass is 19.1. The first-order chi connectivity index (χ1) is 9.08. The highest BCUT2D eigenvalue weighted by Crippen LogP contribution is 2.28. The predicted molar refractivity (Wildman–Crippen MR) is 65.3 cm³/mol. The SMILES string of the molecule is NC(=O)OC(c1ccccc1)c1ccc(F)cc1F. The normalized spacial score (nSPS) is 11.9. The van der Waals surface area contributed by atoms with Crippen LogP contribution < -0.4 is 5.73 Å². The Kier molecular flexibility index (Phi) is 3.75. The number of hydrogen-bond donors (Lipinski definition) is 1. The average molecular weight is 263 g/mol. The average Bonchev–Trinajstić information content (AvgIpc) is 2.37. The zero-order chi connectivity index (χ0) is 13.8. The maximum Gasteiger partial charge on any atom is 0.405 e. The van der Waals surface area contributed by atoms with Gasteiger partial charge in [0.1, 0.15) is 11.6 Å². The number of halogens is 2. The lowest BCUT2D eigenvalue weighted by Crippen LogP contribution is -2.19. The van der Waals surface area contributed by atoms with E-state index in [0.29, 0.717) is 5.56 Å². The Labute approximate surface area is 108 Å². The van der Waals surface area contributed by atoms with Crippen molar-refractivity contribution in [1.82, 2.24) is 0 Å². The Bertz CT molecular complexity index is 587. The molecule has 0 saturated heterocycles. The molecule has 0 aliphatic carbocycles. The minimum Gasteiger partial charge on any atom is -0.436 e. The van der Waals surface area contributed by atoms with Crippen molar-refractivity contribution in [3.63, 3.8) is 0 Å². The van der Waals surface area contributed by atoms with Gasteiger partial charge in [0.15, 0.2) is 6.10 Å². The highest BCUT2D eigenvalue weighted by Gasteiger charge is 2.21. The minimum absolute atomic E-state index is 0.0476. The number of benzene rings is 2. The molecule has 0 heterocycles. The van der Waals surface area contributed by atoms with Crippen LogP contribution in [-0.4, -0.2) is 6.09 Å². The largest absolute Gasteiger partial charge is 0.436 e. The number of carbonyl (C=O) groups excluding carboxylic acids is 1. The fraction of sp³-hybridized carbons (Fsp3) is 0.0714. The van der Waals surface area contributed by atoms with Crippen LogP contribution in [0.5, 0.6) is 0 Å². The van der Waals surface area contributed by atoms with Crippen molar-refractivity contribution in [2.75, 3.05) is 0 Å². The third kappa shape index (κ3) is 3.07. The van der Waals surface area contributed by atoms with E-state index in [9.17, 15) is 13.6 Å². The van der Waals surface area contributed by atoms with E-state index in [1.807, 2.05) is 0 Å². The lowest BCUT2D eigenvalue weighted by Gasteiger charge is -2.18. The molecular formula is C14H11F2NO2. The second kappa shape index (κ2) is 5.48. The van der Waals surface area contributed by atoms with Crippen LogP contribution in [0.4, 0.5) is 13.6 Å². The third-order valence-electron chi connectivity index (χ3n) is 2.58. The monoisotopic (exact) mass is 263 g/mol. The Morgan fingerprint density at radius 1 is 1.11 bits per heavy atom. The molecule has 0 radical (unpaired) electrons. The van der Waals surface area contributed by atoms with Crippen LogP contribution in [-0.2, 0) is 4.74 Å². The summed E-state index contributed by atoms with van der Waals surface area (Å²) < 4.78 is 31.6. The molecule has 0 bridgehead atoms. The van der Waals surface area contributed by atoms with Gasteiger partial charge < -0.3 is 10.5 Å². The van der Waals surface area contributed by atoms with Gasteiger partial charge in [0.25, 0.3) is 0 Å². The molecule has 0 saturated carbocycles. The molecule has 0 fully saturated rings. The molecule has 2 aromatic rings. The van der Waals surface area contributed by atoms with Crippen LogP contribution in [0, 0.1) is 11.6 Å². The number of rotatable bonds is 3. The minimum atomic E-state index is -1.03. The summed E-state index contributed by atoms with van der Waals surface area (Å²) in [6.07, 6.45) is -2.03. The summed E-state index contributed by atoms with van der Waals surface area (Å²) in [6.45, 7) is 0. The summed E-state index contributed by atoms with van der Waals surface area (Å²) >= 11 is 0. The van der Waals surface area contributed by atoms with Crippen LogP contribution in [0.3, 0.4) is 0 Å². The Morgan fingerprint density at radius 2 is 1.79 bits per heavy atom. The van der Waals surface area contributed by atoms with Crippen molar-refractivity contribution in [2.45, 2.75) is 6.10 Å². The molecule has 0 aliphatic heterocycles. The van der Waals surface area contributed by atoms with Gasteiger partial charge in [-0.05, 0) is 17.7 Å². The van der Waals surface area contributed by atoms with Crippen LogP contribution in [0.25, 0.3) is 0 Å². The Morgan fingerprint density at radius 3 is 2.37 bits per heavy atom. The van der Waals surface area contributed by atoms with Crippen molar-refractivity contribution in [1.29, 1.82) is 0 Å². The van der Waals surface area contributed by atoms with Crippen LogP contribution in [0.2, 0.25) is 0 Å². The van der Waals surface area contributed by atoms with Crippen LogP contribution in [0.1, 0.15) is 17.2 Å². The summed E-state index contributed by atoms with van der Waals surface area (Å²) in [6, 6.07) is 11.6. The number of primary amides is 1. The van der Waals surface area contributed by atoms with Gasteiger partial charge in [0, 0.05) is 11.6 Å². The van der Waals surface area contributed by atoms with Crippen molar-refractivity contribution >= 4 is 6.09 Å². The lowest BCUT2D eigenvalue weighted by molar-refractivity contribution is 0.124. The van der Waals surface area contributed by atoms with E-state index < -0.39 is 23.8 Å². The molecule has 3 nitrogen and oxygen atoms in total. The predicted octanol–water partition coefficient (Wildman–Crippen LogP) is 3.15. The van der Waals surface area contributed by atoms with E-state index in [1.165, 1.54) is 6.07 Å². The summed E-state index contributed by atoms with van der Waals surface area (Å²) in [5.41, 5.74) is 5.59. The van der Waals surface area contributed by atoms with Crippen molar-refractivity contribution < 1.29 is 18.3 Å². The molecule has 0 aliphatic rings. The molecule has 1 atom stereocenters. The van der Waals surface area contributed by atoms with Gasteiger partial charge in [-0.1, -0.05) is 30.3 Å². The topological polar surface area (TPSA) is 52.3 Å². The highest BCUT2D eigenvalue weighted by molar-refractivity contribution is 5.65. The van der Waals surface area contributed by atoms with Crippen LogP contribution in [0.15, 0.2) is 48.5 Å². The maximum atomic E-state index is 13.8. The quantitative estimate of drug-likeness (QED) is 0.924. The smallest absolute Gasteiger partial charge is 0.405 e. The van der Waals surface area contributed by atoms with E-state index in [2.05, 4.69) is 0 Å². The molecule has 2 aromatic carbocycles. The van der Waals surface area contributed by atoms with Crippen molar-refractivity contribution in [2.24, 2.45) is 5.73 Å². The Balaban J connectivity index is 2.46. The first-order valence-electron chi connectivity index (χ1n) is 5.54. The zero-order valence-electron chi connectivity index (χ0n) is 9.85. The van der Waals surface area contributed by atoms with Gasteiger partial charge in [-0.25, -0.2) is 13.6 Å². The molecule has 1 unspecified atom stereocenters. The zero-order valence-corrected chi connectivity index (χ0v) is 9.85. The molecule has 98 valence electrons. The fourth-order valence-corrected chi connectivity index (χ4v) is 1.77. The first-order valence-corrected chi connectivity index (χ1v) is 5.54. The number of amides is 1. The number of carbonyl (C=O) groups is 1. The molecule has 1 amide bonds. The van der Waals surface area contributed by atoms with E-state index >= 15 is 0 Å². The number of hydrogen-bond acceptors (Lipinski definition) is 2. The van der Waals surface area contributed by atoms with E-state index in [1.54, 1.807) is 30.3 Å². The summed E-state index contributed by atoms with van der Waals surface area (Å²) in [7, 11) is 0. The van der Waals surface area contributed by atoms with Gasteiger partial charge >= 0.3 is 6.09 Å². The van der Waals surface area contributed by atoms with Crippen LogP contribution >= 0.6 is 0 Å². The van der Waals surface area contributed by atoms with Crippen molar-refractivity contribution in [3.05, 3.63) is 71.3 Å². The van der Waals surface area contributed by atoms with Crippen molar-refractivity contribution in [3.8, 4) is 0 Å². The van der Waals surface area contributed by atoms with E-state index in [4.69, 9.17) is 10.5 Å². The number of nitrogens with two attached hydrogens (primary N) is 1. The molecule has 5 heteroatoms. The van der Waals surface area contributed by atoms with Gasteiger partial charge in [0.05, 0.1) is 0 Å². The van der Waals surface area contributed by atoms with E-state index in [-0.39, 0.29) is 5.56 Å². The molecule has 0 aromatic heterocycles. The third-order valence-corrected chi connectivity index (χ3v) is 2.58. The first kappa shape index (κ1) is 13.0. The summed E-state index contributed by atoms with van der Waals surface area (Å²) in [4.78, 5) is 10.9. The van der Waals surface area contributed by atoms with Gasteiger partial charge in [-0.2, -0.15) is 0 Å². The van der Waals surface area contributed by atoms with Gasteiger partial charge in [0.2, 0.25) is 0 Å². The number of ether oxygens (including phenoxy) is 1. The summed E-state index contributed by atoms with van der Waals surface area (Å²) in [5, 5.41) is 0. The Hall–Kier alpha value is -2.43. The molecule has 2 N–H and O–H groups in total. The van der Waals surface area contributed by atoms with Gasteiger partial charge in [-0.15, -0.1) is 0 Å². The molecule has 2 rings (SSSR count). The van der Waals surface area contributed by atoms with E-state index in [0.717, 1.165) is 12.1 Å². The molecular weight excluding hydrogens is 252 g/mol. The molecule has 0 spiro atoms. The standard InChI is InChI=1S/C14H11F2NO2/c15-10-6-7-11(12(16)8-10)13(19-14(17)18)9-4-2-1-3-5-9/h1-8,13H,(H2,17,18). The summed E-state index contributed by atoms with van der Waals surface area (Å²) in [5.74, 6) is -1.50.